The van der Waals surface area contributed by atoms with Crippen LogP contribution in [0.2, 0.25) is 0 Å². The third-order valence-electron chi connectivity index (χ3n) is 7.87. The minimum atomic E-state index is -4.60. The van der Waals surface area contributed by atoms with Crippen LogP contribution in [-0.2, 0) is 11.0 Å². The average molecular weight is 596 g/mol. The number of carbonyl (C=O) groups is 2. The number of aliphatic hydroxyl groups excluding tert-OH is 1. The molecule has 4 N–H and O–H groups in total. The number of amides is 2. The second-order valence-corrected chi connectivity index (χ2v) is 10.5. The van der Waals surface area contributed by atoms with E-state index in [2.05, 4.69) is 15.3 Å². The zero-order valence-electron chi connectivity index (χ0n) is 22.8. The van der Waals surface area contributed by atoms with Crippen molar-refractivity contribution < 1.29 is 32.6 Å². The second-order valence-electron chi connectivity index (χ2n) is 10.5. The lowest BCUT2D eigenvalue weighted by molar-refractivity contribution is -0.137. The number of hydrogen-bond acceptors (Lipinski definition) is 8. The maximum Gasteiger partial charge on any atom is 0.416 e. The summed E-state index contributed by atoms with van der Waals surface area (Å²) in [6.45, 7) is 0.136. The van der Waals surface area contributed by atoms with E-state index in [1.165, 1.54) is 12.1 Å². The van der Waals surface area contributed by atoms with E-state index in [9.17, 15) is 27.9 Å². The van der Waals surface area contributed by atoms with E-state index in [-0.39, 0.29) is 54.0 Å². The fourth-order valence-electron chi connectivity index (χ4n) is 5.84. The molecular weight excluding hydrogens is 567 g/mol. The topological polar surface area (TPSA) is 148 Å². The van der Waals surface area contributed by atoms with Gasteiger partial charge in [0.2, 0.25) is 5.91 Å². The molecule has 2 aliphatic rings. The Kier molecular flexibility index (Phi) is 7.38. The van der Waals surface area contributed by atoms with Crippen LogP contribution in [0.5, 0.6) is 5.75 Å². The van der Waals surface area contributed by atoms with E-state index in [0.29, 0.717) is 35.6 Å². The summed E-state index contributed by atoms with van der Waals surface area (Å²) in [4.78, 5) is 40.5. The van der Waals surface area contributed by atoms with Crippen molar-refractivity contribution in [3.8, 4) is 17.0 Å². The normalized spacial score (nSPS) is 18.6. The van der Waals surface area contributed by atoms with Gasteiger partial charge in [-0.2, -0.15) is 13.2 Å². The van der Waals surface area contributed by atoms with E-state index in [1.807, 2.05) is 9.30 Å². The van der Waals surface area contributed by atoms with Crippen LogP contribution in [0.15, 0.2) is 48.9 Å². The quantitative estimate of drug-likeness (QED) is 0.292. The van der Waals surface area contributed by atoms with Crippen LogP contribution in [0.1, 0.15) is 53.3 Å². The number of ether oxygens (including phenoxy) is 1. The number of alkyl halides is 3. The third-order valence-corrected chi connectivity index (χ3v) is 7.87. The number of pyridine rings is 1. The fourth-order valence-corrected chi connectivity index (χ4v) is 5.84. The molecule has 0 unspecified atom stereocenters. The number of nitrogens with one attached hydrogen (secondary N) is 1. The minimum absolute atomic E-state index is 0.0480. The number of piperidine rings is 1. The molecule has 0 bridgehead atoms. The predicted octanol–water partition coefficient (Wildman–Crippen LogP) is 3.88. The predicted molar refractivity (Wildman–Crippen MR) is 149 cm³/mol. The summed E-state index contributed by atoms with van der Waals surface area (Å²) in [6, 6.07) is 6.30. The molecule has 2 saturated heterocycles. The molecule has 2 atom stereocenters. The van der Waals surface area contributed by atoms with Gasteiger partial charge in [0.1, 0.15) is 41.0 Å². The molecular formula is C29H28F3N7O4. The largest absolute Gasteiger partial charge is 0.490 e. The summed E-state index contributed by atoms with van der Waals surface area (Å²) < 4.78 is 47.0. The maximum absolute atomic E-state index is 13.1. The minimum Gasteiger partial charge on any atom is -0.490 e. The van der Waals surface area contributed by atoms with E-state index < -0.39 is 17.6 Å². The first-order valence-electron chi connectivity index (χ1n) is 13.8. The summed E-state index contributed by atoms with van der Waals surface area (Å²) in [5.74, 6) is 0.244. The summed E-state index contributed by atoms with van der Waals surface area (Å²) in [6.07, 6.45) is 2.83. The first-order valence-corrected chi connectivity index (χ1v) is 13.8. The summed E-state index contributed by atoms with van der Waals surface area (Å²) in [5, 5.41) is 11.8. The second kappa shape index (κ2) is 11.2. The molecule has 43 heavy (non-hydrogen) atoms. The Morgan fingerprint density at radius 1 is 1.14 bits per heavy atom. The van der Waals surface area contributed by atoms with Crippen LogP contribution in [-0.4, -0.2) is 67.0 Å². The molecule has 1 aromatic carbocycles. The maximum atomic E-state index is 13.1. The van der Waals surface area contributed by atoms with E-state index in [4.69, 9.17) is 15.5 Å². The van der Waals surface area contributed by atoms with E-state index in [0.717, 1.165) is 37.6 Å². The van der Waals surface area contributed by atoms with Crippen LogP contribution in [0, 0.1) is 0 Å². The zero-order valence-corrected chi connectivity index (χ0v) is 22.8. The van der Waals surface area contributed by atoms with Crippen molar-refractivity contribution in [3.05, 3.63) is 65.9 Å². The molecule has 0 radical (unpaired) electrons. The highest BCUT2D eigenvalue weighted by molar-refractivity contribution is 6.04. The van der Waals surface area contributed by atoms with Crippen molar-refractivity contribution in [1.29, 1.82) is 0 Å². The van der Waals surface area contributed by atoms with Crippen molar-refractivity contribution >= 4 is 29.0 Å². The number of fused-ring (bicyclic) bond motifs is 2. The van der Waals surface area contributed by atoms with Gasteiger partial charge in [-0.05, 0) is 49.6 Å². The lowest BCUT2D eigenvalue weighted by atomic mass is 9.92. The number of rotatable bonds is 7. The van der Waals surface area contributed by atoms with Gasteiger partial charge in [0.25, 0.3) is 5.91 Å². The molecule has 2 fully saturated rings. The number of nitrogens with two attached hydrogens (primary N) is 1. The number of halogens is 3. The highest BCUT2D eigenvalue weighted by atomic mass is 19.4. The Morgan fingerprint density at radius 3 is 2.77 bits per heavy atom. The Labute approximate surface area is 243 Å². The molecule has 6 rings (SSSR count). The van der Waals surface area contributed by atoms with E-state index >= 15 is 0 Å². The number of aromatic nitrogens is 4. The van der Waals surface area contributed by atoms with Crippen LogP contribution >= 0.6 is 0 Å². The summed E-state index contributed by atoms with van der Waals surface area (Å²) in [7, 11) is 0. The van der Waals surface area contributed by atoms with Gasteiger partial charge >= 0.3 is 6.18 Å². The molecule has 0 spiro atoms. The lowest BCUT2D eigenvalue weighted by Gasteiger charge is -2.34. The number of imidazole rings is 1. The van der Waals surface area contributed by atoms with Crippen molar-refractivity contribution in [2.45, 2.75) is 43.8 Å². The SMILES string of the molecule is Nc1nccn2c([C@H]3CC[C@H]4CCC(=O)N4C3)nc(-c3ccc(C(=O)Nc4cc(C(F)(F)F)ccn4)cc3OCCO)c12. The smallest absolute Gasteiger partial charge is 0.416 e. The Morgan fingerprint density at radius 2 is 1.98 bits per heavy atom. The highest BCUT2D eigenvalue weighted by Crippen LogP contribution is 2.40. The lowest BCUT2D eigenvalue weighted by Crippen LogP contribution is -2.41. The van der Waals surface area contributed by atoms with Gasteiger partial charge in [0.15, 0.2) is 0 Å². The molecule has 5 heterocycles. The van der Waals surface area contributed by atoms with Crippen LogP contribution in [0.25, 0.3) is 16.8 Å². The Bertz CT molecular complexity index is 1710. The molecule has 2 amide bonds. The molecule has 0 aliphatic carbocycles. The van der Waals surface area contributed by atoms with Gasteiger partial charge in [0.05, 0.1) is 12.2 Å². The van der Waals surface area contributed by atoms with Crippen LogP contribution in [0.3, 0.4) is 0 Å². The zero-order chi connectivity index (χ0) is 30.3. The van der Waals surface area contributed by atoms with Gasteiger partial charge in [-0.1, -0.05) is 0 Å². The number of nitrogens with zero attached hydrogens (tertiary/aromatic N) is 5. The summed E-state index contributed by atoms with van der Waals surface area (Å²) >= 11 is 0. The Hall–Kier alpha value is -4.72. The molecule has 11 nitrogen and oxygen atoms in total. The number of anilines is 2. The number of nitrogen functional groups attached to an aromatic ring is 1. The fraction of sp³-hybridized carbons (Fsp3) is 0.345. The first-order chi connectivity index (χ1) is 20.6. The number of hydrogen-bond donors (Lipinski definition) is 3. The molecule has 4 aromatic rings. The van der Waals surface area contributed by atoms with Crippen LogP contribution < -0.4 is 15.8 Å². The molecule has 2 aliphatic heterocycles. The summed E-state index contributed by atoms with van der Waals surface area (Å²) in [5.41, 5.74) is 6.89. The highest BCUT2D eigenvalue weighted by Gasteiger charge is 2.38. The Balaban J connectivity index is 1.37. The van der Waals surface area contributed by atoms with Crippen molar-refractivity contribution in [3.63, 3.8) is 0 Å². The number of aliphatic hydroxyl groups is 1. The van der Waals surface area contributed by atoms with Gasteiger partial charge < -0.3 is 25.8 Å². The molecule has 3 aromatic heterocycles. The third kappa shape index (κ3) is 5.45. The monoisotopic (exact) mass is 595 g/mol. The van der Waals surface area contributed by atoms with Gasteiger partial charge in [-0.3, -0.25) is 14.0 Å². The van der Waals surface area contributed by atoms with Crippen molar-refractivity contribution in [2.75, 3.05) is 30.8 Å². The molecule has 224 valence electrons. The first kappa shape index (κ1) is 28.4. The molecule has 0 saturated carbocycles. The average Bonchev–Trinajstić information content (AvgIpc) is 3.56. The van der Waals surface area contributed by atoms with Crippen molar-refractivity contribution in [1.82, 2.24) is 24.3 Å². The van der Waals surface area contributed by atoms with Gasteiger partial charge in [-0.15, -0.1) is 0 Å². The van der Waals surface area contributed by atoms with Gasteiger partial charge in [-0.25, -0.2) is 15.0 Å². The van der Waals surface area contributed by atoms with Gasteiger partial charge in [0, 0.05) is 54.6 Å². The standard InChI is InChI=1S/C29H28F3N7O4/c30-29(31,32)18-7-8-34-22(14-18)36-28(42)16-2-5-20(21(13-16)43-12-11-40)24-25-26(33)35-9-10-38(25)27(37-24)17-1-3-19-4-6-23(41)39(19)15-17/h2,5,7-10,13-14,17,19,40H,1,3-4,6,11-12,15H2,(H2,33,35)(H,34,36,42)/t17-,19-/m0/s1. The van der Waals surface area contributed by atoms with Crippen LogP contribution in [0.4, 0.5) is 24.8 Å². The van der Waals surface area contributed by atoms with E-state index in [1.54, 1.807) is 18.5 Å². The van der Waals surface area contributed by atoms with Crippen molar-refractivity contribution in [2.24, 2.45) is 0 Å². The number of carbonyl (C=O) groups excluding carboxylic acids is 2. The molecule has 14 heteroatoms. The number of benzene rings is 1.